The Morgan fingerprint density at radius 1 is 1.00 bits per heavy atom. The van der Waals surface area contributed by atoms with Gasteiger partial charge in [-0.05, 0) is 25.3 Å². The molecule has 0 aliphatic carbocycles. The fourth-order valence-electron chi connectivity index (χ4n) is 3.57. The van der Waals surface area contributed by atoms with Crippen LogP contribution in [0.1, 0.15) is 24.2 Å². The molecular formula is C21H27N3O3. The molecule has 1 fully saturated rings. The minimum atomic E-state index is -0.159. The highest BCUT2D eigenvalue weighted by atomic mass is 16.3. The number of piperazine rings is 1. The number of likely N-dealkylation sites (N-methyl/N-ethyl adjacent to an activating group) is 1. The normalized spacial score (nSPS) is 15.1. The molecule has 0 atom stereocenters. The molecule has 0 saturated carbocycles. The van der Waals surface area contributed by atoms with Crippen molar-refractivity contribution in [3.05, 3.63) is 42.0 Å². The standard InChI is InChI=1S/C21H27N3O3/c1-3-23(4-2)19(25)15-22-11-13-24(14-12-22)21(27)18-10-9-16-7-5-6-8-17(16)20(18)26/h5-10,26H,3-4,11-15H2,1-2H3. The van der Waals surface area contributed by atoms with Crippen molar-refractivity contribution < 1.29 is 14.7 Å². The van der Waals surface area contributed by atoms with Crippen LogP contribution in [0.25, 0.3) is 10.8 Å². The summed E-state index contributed by atoms with van der Waals surface area (Å²) in [5, 5.41) is 12.1. The number of benzene rings is 2. The van der Waals surface area contributed by atoms with Crippen molar-refractivity contribution in [2.45, 2.75) is 13.8 Å². The van der Waals surface area contributed by atoms with E-state index in [4.69, 9.17) is 0 Å². The lowest BCUT2D eigenvalue weighted by Crippen LogP contribution is -2.51. The molecule has 27 heavy (non-hydrogen) atoms. The number of nitrogens with zero attached hydrogens (tertiary/aromatic N) is 3. The summed E-state index contributed by atoms with van der Waals surface area (Å²) in [4.78, 5) is 30.8. The zero-order valence-corrected chi connectivity index (χ0v) is 16.0. The summed E-state index contributed by atoms with van der Waals surface area (Å²) in [6, 6.07) is 11.0. The number of fused-ring (bicyclic) bond motifs is 1. The van der Waals surface area contributed by atoms with Crippen molar-refractivity contribution in [2.75, 3.05) is 45.8 Å². The van der Waals surface area contributed by atoms with Gasteiger partial charge in [-0.25, -0.2) is 0 Å². The van der Waals surface area contributed by atoms with Gasteiger partial charge in [0.1, 0.15) is 5.75 Å². The van der Waals surface area contributed by atoms with Gasteiger partial charge in [-0.1, -0.05) is 30.3 Å². The minimum absolute atomic E-state index is 0.0391. The van der Waals surface area contributed by atoms with Crippen molar-refractivity contribution in [1.29, 1.82) is 0 Å². The third kappa shape index (κ3) is 4.06. The van der Waals surface area contributed by atoms with Crippen molar-refractivity contribution in [3.8, 4) is 5.75 Å². The zero-order valence-electron chi connectivity index (χ0n) is 16.0. The lowest BCUT2D eigenvalue weighted by molar-refractivity contribution is -0.132. The summed E-state index contributed by atoms with van der Waals surface area (Å²) in [6.07, 6.45) is 0. The third-order valence-corrected chi connectivity index (χ3v) is 5.27. The summed E-state index contributed by atoms with van der Waals surface area (Å²) in [7, 11) is 0. The molecular weight excluding hydrogens is 342 g/mol. The average Bonchev–Trinajstić information content (AvgIpc) is 2.69. The van der Waals surface area contributed by atoms with Crippen LogP contribution in [0.4, 0.5) is 0 Å². The molecule has 1 N–H and O–H groups in total. The SMILES string of the molecule is CCN(CC)C(=O)CN1CCN(C(=O)c2ccc3ccccc3c2O)CC1. The predicted octanol–water partition coefficient (Wildman–Crippen LogP) is 2.17. The number of hydrogen-bond donors (Lipinski definition) is 1. The Labute approximate surface area is 160 Å². The number of aromatic hydroxyl groups is 1. The Balaban J connectivity index is 1.64. The van der Waals surface area contributed by atoms with Crippen LogP contribution in [0.2, 0.25) is 0 Å². The van der Waals surface area contributed by atoms with Gasteiger partial charge in [0.15, 0.2) is 0 Å². The fraction of sp³-hybridized carbons (Fsp3) is 0.429. The highest BCUT2D eigenvalue weighted by Crippen LogP contribution is 2.29. The number of rotatable bonds is 5. The van der Waals surface area contributed by atoms with E-state index >= 15 is 0 Å². The monoisotopic (exact) mass is 369 g/mol. The van der Waals surface area contributed by atoms with E-state index in [1.165, 1.54) is 0 Å². The number of carbonyl (C=O) groups excluding carboxylic acids is 2. The van der Waals surface area contributed by atoms with Crippen LogP contribution in [0.5, 0.6) is 5.75 Å². The van der Waals surface area contributed by atoms with Gasteiger partial charge in [0.25, 0.3) is 5.91 Å². The first-order chi connectivity index (χ1) is 13.0. The molecule has 3 rings (SSSR count). The summed E-state index contributed by atoms with van der Waals surface area (Å²) in [6.45, 7) is 8.21. The molecule has 0 unspecified atom stereocenters. The Kier molecular flexibility index (Phi) is 5.96. The van der Waals surface area contributed by atoms with E-state index in [1.807, 2.05) is 49.1 Å². The molecule has 6 heteroatoms. The number of phenolic OH excluding ortho intramolecular Hbond substituents is 1. The minimum Gasteiger partial charge on any atom is -0.506 e. The molecule has 2 amide bonds. The molecule has 1 aliphatic heterocycles. The number of phenols is 1. The van der Waals surface area contributed by atoms with Crippen LogP contribution < -0.4 is 0 Å². The lowest BCUT2D eigenvalue weighted by Gasteiger charge is -2.35. The van der Waals surface area contributed by atoms with Gasteiger partial charge < -0.3 is 14.9 Å². The second kappa shape index (κ2) is 8.39. The maximum Gasteiger partial charge on any atom is 0.257 e. The second-order valence-corrected chi connectivity index (χ2v) is 6.82. The maximum absolute atomic E-state index is 12.9. The third-order valence-electron chi connectivity index (χ3n) is 5.27. The van der Waals surface area contributed by atoms with E-state index in [0.29, 0.717) is 43.7 Å². The largest absolute Gasteiger partial charge is 0.506 e. The van der Waals surface area contributed by atoms with E-state index in [1.54, 1.807) is 11.0 Å². The van der Waals surface area contributed by atoms with Crippen LogP contribution in [-0.4, -0.2) is 77.4 Å². The Morgan fingerprint density at radius 2 is 1.67 bits per heavy atom. The van der Waals surface area contributed by atoms with Crippen molar-refractivity contribution >= 4 is 22.6 Å². The molecule has 1 heterocycles. The van der Waals surface area contributed by atoms with E-state index < -0.39 is 0 Å². The summed E-state index contributed by atoms with van der Waals surface area (Å²) < 4.78 is 0. The Bertz CT molecular complexity index is 825. The molecule has 144 valence electrons. The van der Waals surface area contributed by atoms with Gasteiger partial charge in [0, 0.05) is 44.7 Å². The summed E-state index contributed by atoms with van der Waals surface area (Å²) >= 11 is 0. The maximum atomic E-state index is 12.9. The molecule has 6 nitrogen and oxygen atoms in total. The highest BCUT2D eigenvalue weighted by molar-refractivity contribution is 6.03. The molecule has 1 saturated heterocycles. The first kappa shape index (κ1) is 19.2. The predicted molar refractivity (Wildman–Crippen MR) is 106 cm³/mol. The molecule has 0 aromatic heterocycles. The van der Waals surface area contributed by atoms with Gasteiger partial charge in [-0.3, -0.25) is 14.5 Å². The summed E-state index contributed by atoms with van der Waals surface area (Å²) in [5.74, 6) is 0.0113. The van der Waals surface area contributed by atoms with Crippen LogP contribution >= 0.6 is 0 Å². The number of amides is 2. The fourth-order valence-corrected chi connectivity index (χ4v) is 3.57. The van der Waals surface area contributed by atoms with Crippen LogP contribution in [0, 0.1) is 0 Å². The summed E-state index contributed by atoms with van der Waals surface area (Å²) in [5.41, 5.74) is 0.335. The Morgan fingerprint density at radius 3 is 2.33 bits per heavy atom. The molecule has 0 spiro atoms. The van der Waals surface area contributed by atoms with E-state index in [2.05, 4.69) is 4.90 Å². The van der Waals surface area contributed by atoms with Crippen molar-refractivity contribution in [2.24, 2.45) is 0 Å². The van der Waals surface area contributed by atoms with Crippen LogP contribution in [0.3, 0.4) is 0 Å². The highest BCUT2D eigenvalue weighted by Gasteiger charge is 2.26. The topological polar surface area (TPSA) is 64.1 Å². The first-order valence-corrected chi connectivity index (χ1v) is 9.55. The van der Waals surface area contributed by atoms with Gasteiger partial charge >= 0.3 is 0 Å². The van der Waals surface area contributed by atoms with E-state index in [-0.39, 0.29) is 17.6 Å². The van der Waals surface area contributed by atoms with Gasteiger partial charge in [0.05, 0.1) is 12.1 Å². The molecule has 2 aromatic carbocycles. The number of hydrogen-bond acceptors (Lipinski definition) is 4. The van der Waals surface area contributed by atoms with Crippen molar-refractivity contribution in [3.63, 3.8) is 0 Å². The molecule has 0 bridgehead atoms. The van der Waals surface area contributed by atoms with E-state index in [0.717, 1.165) is 18.5 Å². The second-order valence-electron chi connectivity index (χ2n) is 6.82. The smallest absolute Gasteiger partial charge is 0.257 e. The zero-order chi connectivity index (χ0) is 19.4. The van der Waals surface area contributed by atoms with Gasteiger partial charge in [-0.15, -0.1) is 0 Å². The van der Waals surface area contributed by atoms with Gasteiger partial charge in [0.2, 0.25) is 5.91 Å². The lowest BCUT2D eigenvalue weighted by atomic mass is 10.0. The average molecular weight is 369 g/mol. The molecule has 0 radical (unpaired) electrons. The van der Waals surface area contributed by atoms with Crippen molar-refractivity contribution in [1.82, 2.24) is 14.7 Å². The molecule has 1 aliphatic rings. The quantitative estimate of drug-likeness (QED) is 0.877. The number of carbonyl (C=O) groups is 2. The first-order valence-electron chi connectivity index (χ1n) is 9.55. The van der Waals surface area contributed by atoms with Crippen LogP contribution in [0.15, 0.2) is 36.4 Å². The van der Waals surface area contributed by atoms with Gasteiger partial charge in [-0.2, -0.15) is 0 Å². The Hall–Kier alpha value is -2.60. The van der Waals surface area contributed by atoms with E-state index in [9.17, 15) is 14.7 Å². The molecule has 2 aromatic rings. The van der Waals surface area contributed by atoms with Crippen LogP contribution in [-0.2, 0) is 4.79 Å².